The third kappa shape index (κ3) is 10.7. The van der Waals surface area contributed by atoms with Crippen LogP contribution in [0, 0.1) is 6.92 Å². The van der Waals surface area contributed by atoms with Crippen molar-refractivity contribution in [1.82, 2.24) is 10.6 Å². The van der Waals surface area contributed by atoms with Crippen molar-refractivity contribution in [2.24, 2.45) is 5.73 Å². The molecule has 2 rings (SSSR count). The Balaban J connectivity index is 1.69. The van der Waals surface area contributed by atoms with E-state index < -0.39 is 12.1 Å². The van der Waals surface area contributed by atoms with E-state index in [4.69, 9.17) is 15.2 Å². The average Bonchev–Trinajstić information content (AvgIpc) is 2.79. The van der Waals surface area contributed by atoms with Crippen molar-refractivity contribution in [2.45, 2.75) is 71.5 Å². The number of alkyl carbamates (subject to hydrolysis) is 1. The van der Waals surface area contributed by atoms with Crippen molar-refractivity contribution in [3.8, 4) is 5.75 Å². The summed E-state index contributed by atoms with van der Waals surface area (Å²) in [6.45, 7) is 8.99. The van der Waals surface area contributed by atoms with Gasteiger partial charge in [-0.25, -0.2) is 4.79 Å². The fourth-order valence-corrected chi connectivity index (χ4v) is 3.24. The number of aryl methyl sites for hydroxylation is 2. The third-order valence-corrected chi connectivity index (χ3v) is 5.21. The van der Waals surface area contributed by atoms with Gasteiger partial charge < -0.3 is 25.8 Å². The van der Waals surface area contributed by atoms with Gasteiger partial charge in [0.2, 0.25) is 5.91 Å². The molecule has 0 aliphatic heterocycles. The quantitative estimate of drug-likeness (QED) is 0.403. The van der Waals surface area contributed by atoms with E-state index in [1.165, 1.54) is 5.56 Å². The number of carbonyl (C=O) groups excluding carboxylic acids is 2. The van der Waals surface area contributed by atoms with E-state index in [9.17, 15) is 9.59 Å². The van der Waals surface area contributed by atoms with Crippen LogP contribution >= 0.6 is 0 Å². The van der Waals surface area contributed by atoms with Gasteiger partial charge in [-0.05, 0) is 82.2 Å². The molecule has 0 unspecified atom stereocenters. The van der Waals surface area contributed by atoms with E-state index >= 15 is 0 Å². The van der Waals surface area contributed by atoms with Gasteiger partial charge in [0.05, 0.1) is 19.3 Å². The van der Waals surface area contributed by atoms with Gasteiger partial charge in [0.15, 0.2) is 0 Å². The molecule has 4 N–H and O–H groups in total. The molecule has 0 bridgehead atoms. The van der Waals surface area contributed by atoms with Crippen LogP contribution in [-0.4, -0.2) is 36.8 Å². The van der Waals surface area contributed by atoms with Crippen LogP contribution < -0.4 is 21.1 Å². The molecule has 0 spiro atoms. The Labute approximate surface area is 203 Å². The lowest BCUT2D eigenvalue weighted by molar-refractivity contribution is -0.122. The molecule has 0 heterocycles. The Kier molecular flexibility index (Phi) is 10.9. The molecule has 34 heavy (non-hydrogen) atoms. The number of unbranched alkanes of at least 4 members (excludes halogenated alkanes) is 1. The lowest BCUT2D eigenvalue weighted by Gasteiger charge is -2.19. The molecule has 0 saturated heterocycles. The van der Waals surface area contributed by atoms with Crippen molar-refractivity contribution in [1.29, 1.82) is 0 Å². The predicted octanol–water partition coefficient (Wildman–Crippen LogP) is 4.26. The summed E-state index contributed by atoms with van der Waals surface area (Å²) in [5, 5.41) is 5.70. The molecule has 2 aromatic carbocycles. The van der Waals surface area contributed by atoms with Crippen LogP contribution in [0.1, 0.15) is 56.7 Å². The molecule has 0 aromatic heterocycles. The summed E-state index contributed by atoms with van der Waals surface area (Å²) in [4.78, 5) is 24.1. The fraction of sp³-hybridized carbons (Fsp3) is 0.481. The number of nitrogens with one attached hydrogen (secondary N) is 2. The molecule has 0 aliphatic carbocycles. The zero-order valence-corrected chi connectivity index (χ0v) is 20.9. The predicted molar refractivity (Wildman–Crippen MR) is 135 cm³/mol. The van der Waals surface area contributed by atoms with Crippen LogP contribution in [0.25, 0.3) is 0 Å². The molecule has 0 aliphatic rings. The highest BCUT2D eigenvalue weighted by molar-refractivity contribution is 5.81. The number of rotatable bonds is 12. The second-order valence-corrected chi connectivity index (χ2v) is 9.50. The molecule has 0 saturated carbocycles. The van der Waals surface area contributed by atoms with Gasteiger partial charge >= 0.3 is 6.09 Å². The Morgan fingerprint density at radius 2 is 1.74 bits per heavy atom. The number of carbonyl (C=O) groups is 2. The normalized spacial score (nSPS) is 12.0. The number of hydrogen-bond acceptors (Lipinski definition) is 5. The van der Waals surface area contributed by atoms with Gasteiger partial charge in [0.25, 0.3) is 0 Å². The van der Waals surface area contributed by atoms with Crippen molar-refractivity contribution in [2.75, 3.05) is 13.2 Å². The highest BCUT2D eigenvalue weighted by Gasteiger charge is 2.15. The molecule has 2 amide bonds. The Bertz CT molecular complexity index is 910. The largest absolute Gasteiger partial charge is 0.494 e. The Morgan fingerprint density at radius 3 is 2.44 bits per heavy atom. The molecule has 2 aromatic rings. The van der Waals surface area contributed by atoms with Crippen LogP contribution in [0.15, 0.2) is 48.5 Å². The maximum Gasteiger partial charge on any atom is 0.407 e. The Hall–Kier alpha value is -3.06. The number of benzene rings is 2. The molecule has 1 atom stereocenters. The minimum Gasteiger partial charge on any atom is -0.494 e. The monoisotopic (exact) mass is 469 g/mol. The van der Waals surface area contributed by atoms with Gasteiger partial charge in [-0.1, -0.05) is 36.4 Å². The van der Waals surface area contributed by atoms with Crippen LogP contribution in [0.5, 0.6) is 5.75 Å². The van der Waals surface area contributed by atoms with Crippen LogP contribution in [0.3, 0.4) is 0 Å². The summed E-state index contributed by atoms with van der Waals surface area (Å²) in [7, 11) is 0. The lowest BCUT2D eigenvalue weighted by Crippen LogP contribution is -2.41. The standard InChI is InChI=1S/C27H39N3O4/c1-20-12-14-23(33-16-8-9-17-34-26(32)30-27(2,3)4)18-22(20)19-29-25(31)24(28)15-13-21-10-6-5-7-11-21/h5-7,10-12,14,18,24H,8-9,13,15-17,19,28H2,1-4H3,(H,29,31)(H,30,32)/t24-/m0/s1. The van der Waals surface area contributed by atoms with Crippen LogP contribution in [-0.2, 0) is 22.5 Å². The molecular formula is C27H39N3O4. The fourth-order valence-electron chi connectivity index (χ4n) is 3.24. The van der Waals surface area contributed by atoms with Crippen molar-refractivity contribution >= 4 is 12.0 Å². The van der Waals surface area contributed by atoms with E-state index in [1.807, 2.05) is 76.2 Å². The summed E-state index contributed by atoms with van der Waals surface area (Å²) in [6, 6.07) is 15.3. The summed E-state index contributed by atoms with van der Waals surface area (Å²) < 4.78 is 11.0. The first-order valence-electron chi connectivity index (χ1n) is 11.9. The van der Waals surface area contributed by atoms with E-state index in [0.29, 0.717) is 32.6 Å². The van der Waals surface area contributed by atoms with Crippen LogP contribution in [0.2, 0.25) is 0 Å². The van der Waals surface area contributed by atoms with E-state index in [0.717, 1.165) is 29.7 Å². The molecule has 7 nitrogen and oxygen atoms in total. The first kappa shape index (κ1) is 27.2. The zero-order valence-electron chi connectivity index (χ0n) is 20.9. The molecule has 186 valence electrons. The molecule has 0 fully saturated rings. The number of amides is 2. The SMILES string of the molecule is Cc1ccc(OCCCCOC(=O)NC(C)(C)C)cc1CNC(=O)[C@@H](N)CCc1ccccc1. The van der Waals surface area contributed by atoms with Gasteiger partial charge in [-0.15, -0.1) is 0 Å². The van der Waals surface area contributed by atoms with Gasteiger partial charge in [0.1, 0.15) is 5.75 Å². The first-order chi connectivity index (χ1) is 16.1. The summed E-state index contributed by atoms with van der Waals surface area (Å²) >= 11 is 0. The minimum absolute atomic E-state index is 0.155. The van der Waals surface area contributed by atoms with Crippen molar-refractivity contribution < 1.29 is 19.1 Å². The van der Waals surface area contributed by atoms with Gasteiger partial charge in [0, 0.05) is 12.1 Å². The van der Waals surface area contributed by atoms with Crippen molar-refractivity contribution in [3.05, 3.63) is 65.2 Å². The number of nitrogens with two attached hydrogens (primary N) is 1. The molecular weight excluding hydrogens is 430 g/mol. The third-order valence-electron chi connectivity index (χ3n) is 5.21. The lowest BCUT2D eigenvalue weighted by atomic mass is 10.0. The highest BCUT2D eigenvalue weighted by atomic mass is 16.5. The second kappa shape index (κ2) is 13.6. The number of hydrogen-bond donors (Lipinski definition) is 3. The highest BCUT2D eigenvalue weighted by Crippen LogP contribution is 2.18. The average molecular weight is 470 g/mol. The van der Waals surface area contributed by atoms with Crippen LogP contribution in [0.4, 0.5) is 4.79 Å². The number of ether oxygens (including phenoxy) is 2. The summed E-state index contributed by atoms with van der Waals surface area (Å²) in [6.07, 6.45) is 2.44. The zero-order chi connectivity index (χ0) is 25.0. The minimum atomic E-state index is -0.548. The molecule has 7 heteroatoms. The van der Waals surface area contributed by atoms with Gasteiger partial charge in [-0.3, -0.25) is 4.79 Å². The maximum atomic E-state index is 12.4. The summed E-state index contributed by atoms with van der Waals surface area (Å²) in [5.41, 5.74) is 9.00. The first-order valence-corrected chi connectivity index (χ1v) is 11.9. The van der Waals surface area contributed by atoms with E-state index in [-0.39, 0.29) is 11.4 Å². The van der Waals surface area contributed by atoms with Crippen molar-refractivity contribution in [3.63, 3.8) is 0 Å². The maximum absolute atomic E-state index is 12.4. The molecule has 0 radical (unpaired) electrons. The Morgan fingerprint density at radius 1 is 1.03 bits per heavy atom. The van der Waals surface area contributed by atoms with Gasteiger partial charge in [-0.2, -0.15) is 0 Å². The van der Waals surface area contributed by atoms with E-state index in [1.54, 1.807) is 0 Å². The second-order valence-electron chi connectivity index (χ2n) is 9.50. The smallest absolute Gasteiger partial charge is 0.407 e. The van der Waals surface area contributed by atoms with E-state index in [2.05, 4.69) is 10.6 Å². The topological polar surface area (TPSA) is 103 Å². The summed E-state index contributed by atoms with van der Waals surface area (Å²) in [5.74, 6) is 0.590.